The lowest BCUT2D eigenvalue weighted by molar-refractivity contribution is -0.396. The van der Waals surface area contributed by atoms with E-state index in [-0.39, 0.29) is 33.0 Å². The monoisotopic (exact) mass is 506 g/mol. The molecule has 0 rings (SSSR count). The van der Waals surface area contributed by atoms with E-state index in [2.05, 4.69) is 19.1 Å². The summed E-state index contributed by atoms with van der Waals surface area (Å²) in [5.74, 6) is 0. The number of rotatable bonds is 21. The quantitative estimate of drug-likeness (QED) is 0.101. The highest BCUT2D eigenvalue weighted by Gasteiger charge is 2.44. The Morgan fingerprint density at radius 1 is 0.853 bits per heavy atom. The Balaban J connectivity index is 3.89. The summed E-state index contributed by atoms with van der Waals surface area (Å²) in [7, 11) is 0. The van der Waals surface area contributed by atoms with Gasteiger partial charge in [-0.3, -0.25) is 9.58 Å². The van der Waals surface area contributed by atoms with Gasteiger partial charge < -0.3 is 38.6 Å². The van der Waals surface area contributed by atoms with Gasteiger partial charge in [0.05, 0.1) is 45.7 Å². The molecule has 34 heavy (non-hydrogen) atoms. The smallest absolute Gasteiger partial charge is 0.383 e. The van der Waals surface area contributed by atoms with Crippen molar-refractivity contribution in [3.63, 3.8) is 0 Å². The zero-order valence-corrected chi connectivity index (χ0v) is 18.8. The zero-order valence-electron chi connectivity index (χ0n) is 18.8. The van der Waals surface area contributed by atoms with E-state index < -0.39 is 63.4 Å². The molecule has 198 valence electrons. The van der Waals surface area contributed by atoms with Crippen molar-refractivity contribution < 1.29 is 60.9 Å². The number of alkyl halides is 4. The number of hydrogen-bond acceptors (Lipinski definition) is 10. The number of aliphatic hydroxyl groups is 2. The molecule has 0 aliphatic rings. The summed E-state index contributed by atoms with van der Waals surface area (Å²) < 4.78 is 86.1. The van der Waals surface area contributed by atoms with E-state index in [9.17, 15) is 27.8 Å². The molecule has 15 heteroatoms. The Kier molecular flexibility index (Phi) is 16.9. The first kappa shape index (κ1) is 32.3. The first-order valence-electron chi connectivity index (χ1n) is 10.0. The summed E-state index contributed by atoms with van der Waals surface area (Å²) in [4.78, 5) is 2.99. The number of aliphatic hydroxyl groups excluding tert-OH is 2. The van der Waals surface area contributed by atoms with Crippen LogP contribution in [0.25, 0.3) is 4.85 Å². The second-order valence-electron chi connectivity index (χ2n) is 6.82. The molecule has 4 atom stereocenters. The van der Waals surface area contributed by atoms with Crippen LogP contribution in [0.2, 0.25) is 0 Å². The Hall–Kier alpha value is -1.66. The third kappa shape index (κ3) is 18.7. The van der Waals surface area contributed by atoms with Gasteiger partial charge in [0.2, 0.25) is 0 Å². The first-order chi connectivity index (χ1) is 15.9. The van der Waals surface area contributed by atoms with Gasteiger partial charge in [-0.2, -0.15) is 22.8 Å². The number of halogens is 4. The van der Waals surface area contributed by atoms with Gasteiger partial charge in [0.15, 0.2) is 0 Å². The molecular weight excluding hydrogens is 476 g/mol. The van der Waals surface area contributed by atoms with E-state index >= 15 is 0 Å². The highest BCUT2D eigenvalue weighted by atomic mass is 19.3. The van der Waals surface area contributed by atoms with E-state index in [1.807, 2.05) is 6.07 Å². The third-order valence-corrected chi connectivity index (χ3v) is 3.43. The van der Waals surface area contributed by atoms with Crippen LogP contribution in [-0.2, 0) is 33.2 Å². The van der Waals surface area contributed by atoms with Crippen molar-refractivity contribution in [2.75, 3.05) is 59.6 Å². The molecule has 0 bridgehead atoms. The minimum absolute atomic E-state index is 0.0236. The molecule has 0 aromatic carbocycles. The molecule has 0 aromatic rings. The maximum absolute atomic E-state index is 13.5. The fourth-order valence-corrected chi connectivity index (χ4v) is 1.88. The largest absolute Gasteiger partial charge is 0.388 e. The van der Waals surface area contributed by atoms with Crippen molar-refractivity contribution in [2.45, 2.75) is 50.6 Å². The van der Waals surface area contributed by atoms with Gasteiger partial charge in [0, 0.05) is 6.92 Å². The van der Waals surface area contributed by atoms with E-state index in [0.29, 0.717) is 0 Å². The second-order valence-corrected chi connectivity index (χ2v) is 6.82. The molecule has 0 heterocycles. The maximum Gasteiger partial charge on any atom is 0.383 e. The van der Waals surface area contributed by atoms with Crippen LogP contribution in [0.15, 0.2) is 0 Å². The van der Waals surface area contributed by atoms with Crippen molar-refractivity contribution in [3.8, 4) is 6.07 Å². The number of hydrogen-bond donors (Lipinski definition) is 2. The normalized spacial score (nSPS) is 15.8. The van der Waals surface area contributed by atoms with Gasteiger partial charge in [-0.1, -0.05) is 0 Å². The minimum Gasteiger partial charge on any atom is -0.388 e. The predicted molar refractivity (Wildman–Crippen MR) is 104 cm³/mol. The molecule has 0 fully saturated rings. The Bertz CT molecular complexity index is 620. The van der Waals surface area contributed by atoms with Crippen LogP contribution in [0.3, 0.4) is 0 Å². The molecule has 0 aliphatic carbocycles. The number of nitriles is 1. The minimum atomic E-state index is -4.37. The summed E-state index contributed by atoms with van der Waals surface area (Å²) in [6, 6.07) is 1.82. The van der Waals surface area contributed by atoms with Crippen molar-refractivity contribution in [2.24, 2.45) is 0 Å². The third-order valence-electron chi connectivity index (χ3n) is 3.43. The molecule has 0 saturated heterocycles. The number of nitrogens with zero attached hydrogens (tertiary/aromatic N) is 2. The van der Waals surface area contributed by atoms with Crippen LogP contribution in [0.1, 0.15) is 13.8 Å². The summed E-state index contributed by atoms with van der Waals surface area (Å²) in [5, 5.41) is 27.5. The SMILES string of the molecule is [C-]#[N+]C(C)OCC(O)COCC(F)(F)OC(F)(F)COCOCCOCC(O)COC(C)C#N. The molecule has 0 aliphatic heterocycles. The lowest BCUT2D eigenvalue weighted by atomic mass is 10.4. The highest BCUT2D eigenvalue weighted by molar-refractivity contribution is 4.79. The molecule has 4 unspecified atom stereocenters. The van der Waals surface area contributed by atoms with Crippen LogP contribution in [-0.4, -0.2) is 107 Å². The van der Waals surface area contributed by atoms with Crippen molar-refractivity contribution in [3.05, 3.63) is 11.4 Å². The van der Waals surface area contributed by atoms with Crippen molar-refractivity contribution in [1.29, 1.82) is 5.26 Å². The molecule has 0 aromatic heterocycles. The second kappa shape index (κ2) is 17.7. The van der Waals surface area contributed by atoms with Gasteiger partial charge in [0.25, 0.3) is 0 Å². The lowest BCUT2D eigenvalue weighted by Gasteiger charge is -2.24. The molecule has 0 saturated carbocycles. The average molecular weight is 506 g/mol. The first-order valence-corrected chi connectivity index (χ1v) is 10.0. The van der Waals surface area contributed by atoms with Crippen LogP contribution >= 0.6 is 0 Å². The fraction of sp³-hybridized carbons (Fsp3) is 0.895. The standard InChI is InChI=1S/C19H30F4N2O9/c1-14(6-24)32-9-16(26)7-28-4-5-29-13-31-12-19(22,23)34-18(20,21)11-30-8-17(27)10-33-15(2)25-3/h14-17,26-27H,4-5,7-13H2,1-2H3. The van der Waals surface area contributed by atoms with Gasteiger partial charge >= 0.3 is 18.4 Å². The Morgan fingerprint density at radius 3 is 1.97 bits per heavy atom. The van der Waals surface area contributed by atoms with E-state index in [4.69, 9.17) is 30.8 Å². The molecule has 0 spiro atoms. The zero-order chi connectivity index (χ0) is 26.0. The topological polar surface area (TPSA) is 133 Å². The summed E-state index contributed by atoms with van der Waals surface area (Å²) in [6.45, 7) is 4.48. The molecule has 0 amide bonds. The number of ether oxygens (including phenoxy) is 7. The average Bonchev–Trinajstić information content (AvgIpc) is 2.76. The Labute approximate surface area is 194 Å². The van der Waals surface area contributed by atoms with E-state index in [1.54, 1.807) is 0 Å². The predicted octanol–water partition coefficient (Wildman–Crippen LogP) is 1.14. The van der Waals surface area contributed by atoms with Crippen LogP contribution in [0.4, 0.5) is 17.6 Å². The molecular formula is C19H30F4N2O9. The lowest BCUT2D eigenvalue weighted by Crippen LogP contribution is -2.40. The van der Waals surface area contributed by atoms with Crippen LogP contribution in [0, 0.1) is 17.9 Å². The van der Waals surface area contributed by atoms with Gasteiger partial charge in [0.1, 0.15) is 38.3 Å². The molecule has 11 nitrogen and oxygen atoms in total. The fourth-order valence-electron chi connectivity index (χ4n) is 1.88. The molecule has 0 radical (unpaired) electrons. The van der Waals surface area contributed by atoms with Gasteiger partial charge in [-0.15, -0.1) is 0 Å². The summed E-state index contributed by atoms with van der Waals surface area (Å²) >= 11 is 0. The highest BCUT2D eigenvalue weighted by Crippen LogP contribution is 2.27. The van der Waals surface area contributed by atoms with E-state index in [1.165, 1.54) is 13.8 Å². The van der Waals surface area contributed by atoms with Crippen LogP contribution in [0.5, 0.6) is 0 Å². The maximum atomic E-state index is 13.5. The van der Waals surface area contributed by atoms with Crippen molar-refractivity contribution >= 4 is 0 Å². The summed E-state index contributed by atoms with van der Waals surface area (Å²) in [6.07, 6.45) is -12.6. The van der Waals surface area contributed by atoms with Crippen molar-refractivity contribution in [1.82, 2.24) is 0 Å². The van der Waals surface area contributed by atoms with Gasteiger partial charge in [-0.05, 0) is 6.92 Å². The van der Waals surface area contributed by atoms with Gasteiger partial charge in [-0.25, -0.2) is 6.57 Å². The Morgan fingerprint density at radius 2 is 1.38 bits per heavy atom. The van der Waals surface area contributed by atoms with E-state index in [0.717, 1.165) is 0 Å². The summed E-state index contributed by atoms with van der Waals surface area (Å²) in [5.41, 5.74) is 0. The molecule has 2 N–H and O–H groups in total. The van der Waals surface area contributed by atoms with Crippen LogP contribution < -0.4 is 0 Å².